The smallest absolute Gasteiger partial charge is 0.353 e. The van der Waals surface area contributed by atoms with Crippen LogP contribution in [0.25, 0.3) is 0 Å². The van der Waals surface area contributed by atoms with Gasteiger partial charge in [0.1, 0.15) is 0 Å². The second-order valence-electron chi connectivity index (χ2n) is 4.23. The van der Waals surface area contributed by atoms with E-state index in [1.54, 1.807) is 7.11 Å². The SMILES string of the molecule is COCCN(C)CCNC(=O)C1CC(C(=O)O)=NO1. The Morgan fingerprint density at radius 1 is 1.58 bits per heavy atom. The van der Waals surface area contributed by atoms with Gasteiger partial charge >= 0.3 is 5.97 Å². The predicted molar refractivity (Wildman–Crippen MR) is 66.9 cm³/mol. The largest absolute Gasteiger partial charge is 0.477 e. The average molecular weight is 273 g/mol. The number of hydrogen-bond acceptors (Lipinski definition) is 6. The maximum absolute atomic E-state index is 11.7. The molecule has 0 aromatic heterocycles. The molecule has 0 saturated carbocycles. The van der Waals surface area contributed by atoms with E-state index in [0.717, 1.165) is 6.54 Å². The zero-order valence-electron chi connectivity index (χ0n) is 11.1. The summed E-state index contributed by atoms with van der Waals surface area (Å²) < 4.78 is 4.94. The third-order valence-corrected chi connectivity index (χ3v) is 2.68. The highest BCUT2D eigenvalue weighted by Crippen LogP contribution is 2.10. The Kier molecular flexibility index (Phi) is 6.23. The summed E-state index contributed by atoms with van der Waals surface area (Å²) in [7, 11) is 3.55. The Labute approximate surface area is 111 Å². The van der Waals surface area contributed by atoms with Crippen LogP contribution in [0.2, 0.25) is 0 Å². The van der Waals surface area contributed by atoms with E-state index in [2.05, 4.69) is 10.5 Å². The van der Waals surface area contributed by atoms with Crippen LogP contribution in [-0.2, 0) is 19.2 Å². The van der Waals surface area contributed by atoms with Crippen molar-refractivity contribution >= 4 is 17.6 Å². The van der Waals surface area contributed by atoms with Crippen LogP contribution >= 0.6 is 0 Å². The third-order valence-electron chi connectivity index (χ3n) is 2.68. The minimum Gasteiger partial charge on any atom is -0.477 e. The molecule has 1 amide bonds. The van der Waals surface area contributed by atoms with E-state index in [9.17, 15) is 9.59 Å². The summed E-state index contributed by atoms with van der Waals surface area (Å²) in [6.45, 7) is 2.54. The summed E-state index contributed by atoms with van der Waals surface area (Å²) in [4.78, 5) is 29.1. The molecule has 108 valence electrons. The van der Waals surface area contributed by atoms with Crippen LogP contribution in [-0.4, -0.2) is 74.1 Å². The Bertz CT molecular complexity index is 358. The van der Waals surface area contributed by atoms with Crippen molar-refractivity contribution in [3.63, 3.8) is 0 Å². The fourth-order valence-electron chi connectivity index (χ4n) is 1.49. The van der Waals surface area contributed by atoms with Gasteiger partial charge in [0.15, 0.2) is 5.71 Å². The molecule has 0 radical (unpaired) electrons. The number of hydrogen-bond donors (Lipinski definition) is 2. The molecule has 0 fully saturated rings. The topological polar surface area (TPSA) is 100 Å². The van der Waals surface area contributed by atoms with Crippen LogP contribution in [0.5, 0.6) is 0 Å². The highest BCUT2D eigenvalue weighted by molar-refractivity contribution is 6.36. The minimum absolute atomic E-state index is 0.000675. The van der Waals surface area contributed by atoms with E-state index < -0.39 is 12.1 Å². The summed E-state index contributed by atoms with van der Waals surface area (Å²) in [6.07, 6.45) is -0.837. The summed E-state index contributed by atoms with van der Waals surface area (Å²) in [5.74, 6) is -1.50. The first-order valence-electron chi connectivity index (χ1n) is 5.95. The molecule has 0 aromatic rings. The van der Waals surface area contributed by atoms with Crippen LogP contribution in [0.3, 0.4) is 0 Å². The fraction of sp³-hybridized carbons (Fsp3) is 0.727. The number of rotatable bonds is 8. The van der Waals surface area contributed by atoms with Gasteiger partial charge in [-0.2, -0.15) is 0 Å². The third kappa shape index (κ3) is 5.23. The Balaban J connectivity index is 2.17. The highest BCUT2D eigenvalue weighted by atomic mass is 16.6. The average Bonchev–Trinajstić information content (AvgIpc) is 2.86. The van der Waals surface area contributed by atoms with Crippen LogP contribution in [0.15, 0.2) is 5.16 Å². The molecule has 1 aliphatic heterocycles. The highest BCUT2D eigenvalue weighted by Gasteiger charge is 2.31. The Morgan fingerprint density at radius 2 is 2.32 bits per heavy atom. The van der Waals surface area contributed by atoms with Crippen molar-refractivity contribution < 1.29 is 24.3 Å². The first-order chi connectivity index (χ1) is 9.04. The lowest BCUT2D eigenvalue weighted by atomic mass is 10.2. The number of carboxylic acids is 1. The number of carbonyl (C=O) groups is 2. The van der Waals surface area contributed by atoms with E-state index in [1.165, 1.54) is 0 Å². The molecule has 0 aromatic carbocycles. The van der Waals surface area contributed by atoms with Crippen molar-refractivity contribution in [1.82, 2.24) is 10.2 Å². The van der Waals surface area contributed by atoms with Crippen LogP contribution in [0, 0.1) is 0 Å². The van der Waals surface area contributed by atoms with Gasteiger partial charge in [-0.3, -0.25) is 4.79 Å². The molecule has 0 aliphatic carbocycles. The zero-order valence-corrected chi connectivity index (χ0v) is 11.1. The molecule has 0 bridgehead atoms. The molecule has 19 heavy (non-hydrogen) atoms. The number of carbonyl (C=O) groups excluding carboxylic acids is 1. The van der Waals surface area contributed by atoms with Crippen LogP contribution in [0.1, 0.15) is 6.42 Å². The lowest BCUT2D eigenvalue weighted by Gasteiger charge is -2.16. The number of ether oxygens (including phenoxy) is 1. The predicted octanol–water partition coefficient (Wildman–Crippen LogP) is -1.09. The maximum Gasteiger partial charge on any atom is 0.353 e. The molecular formula is C11H19N3O5. The van der Waals surface area contributed by atoms with Gasteiger partial charge in [-0.25, -0.2) is 4.79 Å². The molecule has 0 spiro atoms. The molecule has 1 unspecified atom stereocenters. The van der Waals surface area contributed by atoms with Crippen molar-refractivity contribution in [2.75, 3.05) is 40.4 Å². The normalized spacial score (nSPS) is 18.1. The van der Waals surface area contributed by atoms with Crippen molar-refractivity contribution in [3.05, 3.63) is 0 Å². The summed E-state index contributed by atoms with van der Waals surface area (Å²) in [5, 5.41) is 14.7. The Morgan fingerprint density at radius 3 is 2.89 bits per heavy atom. The summed E-state index contributed by atoms with van der Waals surface area (Å²) in [6, 6.07) is 0. The molecule has 1 atom stereocenters. The number of likely N-dealkylation sites (N-methyl/N-ethyl adjacent to an activating group) is 1. The van der Waals surface area contributed by atoms with Crippen molar-refractivity contribution in [3.8, 4) is 0 Å². The minimum atomic E-state index is -1.16. The molecule has 1 heterocycles. The lowest BCUT2D eigenvalue weighted by molar-refractivity contribution is -0.131. The maximum atomic E-state index is 11.7. The summed E-state index contributed by atoms with van der Waals surface area (Å²) in [5.41, 5.74) is -0.127. The molecule has 8 heteroatoms. The quantitative estimate of drug-likeness (QED) is 0.583. The number of amides is 1. The van der Waals surface area contributed by atoms with Gasteiger partial charge < -0.3 is 24.9 Å². The van der Waals surface area contributed by atoms with Gasteiger partial charge in [-0.1, -0.05) is 5.16 Å². The number of methoxy groups -OCH3 is 1. The van der Waals surface area contributed by atoms with E-state index in [1.807, 2.05) is 11.9 Å². The Hall–Kier alpha value is -1.67. The van der Waals surface area contributed by atoms with E-state index in [4.69, 9.17) is 14.7 Å². The van der Waals surface area contributed by atoms with E-state index in [-0.39, 0.29) is 18.0 Å². The fourth-order valence-corrected chi connectivity index (χ4v) is 1.49. The molecular weight excluding hydrogens is 254 g/mol. The molecule has 1 aliphatic rings. The number of nitrogens with zero attached hydrogens (tertiary/aromatic N) is 2. The van der Waals surface area contributed by atoms with Gasteiger partial charge in [-0.15, -0.1) is 0 Å². The number of oxime groups is 1. The monoisotopic (exact) mass is 273 g/mol. The lowest BCUT2D eigenvalue weighted by Crippen LogP contribution is -2.39. The van der Waals surface area contributed by atoms with Gasteiger partial charge in [0.25, 0.3) is 5.91 Å². The zero-order chi connectivity index (χ0) is 14.3. The molecule has 2 N–H and O–H groups in total. The molecule has 1 rings (SSSR count). The van der Waals surface area contributed by atoms with Crippen molar-refractivity contribution in [2.45, 2.75) is 12.5 Å². The van der Waals surface area contributed by atoms with Crippen molar-refractivity contribution in [1.29, 1.82) is 0 Å². The van der Waals surface area contributed by atoms with Crippen LogP contribution < -0.4 is 5.32 Å². The number of nitrogens with one attached hydrogen (secondary N) is 1. The van der Waals surface area contributed by atoms with Gasteiger partial charge in [0.05, 0.1) is 6.61 Å². The summed E-state index contributed by atoms with van der Waals surface area (Å²) >= 11 is 0. The van der Waals surface area contributed by atoms with Gasteiger partial charge in [0, 0.05) is 33.2 Å². The second kappa shape index (κ2) is 7.70. The first-order valence-corrected chi connectivity index (χ1v) is 5.95. The standard InChI is InChI=1S/C11H19N3O5/c1-14(5-6-18-2)4-3-12-10(15)9-7-8(11(16)17)13-19-9/h9H,3-7H2,1-2H3,(H,12,15)(H,16,17). The van der Waals surface area contributed by atoms with Crippen molar-refractivity contribution in [2.24, 2.45) is 5.16 Å². The molecule has 0 saturated heterocycles. The second-order valence-corrected chi connectivity index (χ2v) is 4.23. The number of aliphatic carboxylic acids is 1. The first kappa shape index (κ1) is 15.4. The van der Waals surface area contributed by atoms with Gasteiger partial charge in [0.2, 0.25) is 6.10 Å². The van der Waals surface area contributed by atoms with E-state index >= 15 is 0 Å². The number of carboxylic acid groups (broad SMARTS) is 1. The van der Waals surface area contributed by atoms with E-state index in [0.29, 0.717) is 19.7 Å². The van der Waals surface area contributed by atoms with Gasteiger partial charge in [-0.05, 0) is 7.05 Å². The molecule has 8 nitrogen and oxygen atoms in total. The van der Waals surface area contributed by atoms with Crippen LogP contribution in [0.4, 0.5) is 0 Å².